The zero-order valence-corrected chi connectivity index (χ0v) is 19.9. The van der Waals surface area contributed by atoms with E-state index in [0.717, 1.165) is 11.1 Å². The number of aromatic nitrogens is 2. The Balaban J connectivity index is 1.39. The van der Waals surface area contributed by atoms with Crippen LogP contribution in [0.3, 0.4) is 0 Å². The van der Waals surface area contributed by atoms with Gasteiger partial charge in [-0.25, -0.2) is 4.98 Å². The number of aromatic amines is 1. The molecule has 1 N–H and O–H groups in total. The summed E-state index contributed by atoms with van der Waals surface area (Å²) in [4.78, 5) is 35.7. The van der Waals surface area contributed by atoms with Crippen molar-refractivity contribution in [3.8, 4) is 11.5 Å². The van der Waals surface area contributed by atoms with E-state index in [1.54, 1.807) is 11.0 Å². The molecule has 0 saturated carbocycles. The standard InChI is InChI=1S/C25H26ClN3O4/c1-13-9-16-19(30)12-25(33-20(16)10-14(13)2)5-7-29(8-6-25)24(31)17-11-18(26)21-22(23(17)32-4)28-15(3)27-21/h9-11H,5-8,12H2,1-4H3,(H,27,28). The highest BCUT2D eigenvalue weighted by Crippen LogP contribution is 2.41. The first-order chi connectivity index (χ1) is 15.7. The number of ketones is 1. The average molecular weight is 468 g/mol. The van der Waals surface area contributed by atoms with Crippen molar-refractivity contribution in [1.29, 1.82) is 0 Å². The van der Waals surface area contributed by atoms with Crippen molar-refractivity contribution in [1.82, 2.24) is 14.9 Å². The van der Waals surface area contributed by atoms with E-state index in [1.165, 1.54) is 7.11 Å². The number of hydrogen-bond donors (Lipinski definition) is 1. The van der Waals surface area contributed by atoms with Gasteiger partial charge >= 0.3 is 0 Å². The third kappa shape index (κ3) is 3.55. The number of imidazole rings is 1. The lowest BCUT2D eigenvalue weighted by molar-refractivity contribution is -0.00580. The molecule has 33 heavy (non-hydrogen) atoms. The molecular weight excluding hydrogens is 442 g/mol. The van der Waals surface area contributed by atoms with Crippen LogP contribution in [-0.2, 0) is 0 Å². The minimum absolute atomic E-state index is 0.104. The van der Waals surface area contributed by atoms with E-state index < -0.39 is 5.60 Å². The van der Waals surface area contributed by atoms with Crippen molar-refractivity contribution in [3.63, 3.8) is 0 Å². The second kappa shape index (κ2) is 7.76. The fraction of sp³-hybridized carbons (Fsp3) is 0.400. The molecule has 2 aliphatic heterocycles. The molecule has 1 spiro atoms. The zero-order valence-electron chi connectivity index (χ0n) is 19.2. The minimum atomic E-state index is -0.575. The molecule has 7 nitrogen and oxygen atoms in total. The number of H-pyrrole nitrogens is 1. The van der Waals surface area contributed by atoms with Crippen molar-refractivity contribution < 1.29 is 19.1 Å². The van der Waals surface area contributed by atoms with Gasteiger partial charge in [0.15, 0.2) is 11.5 Å². The molecule has 172 valence electrons. The van der Waals surface area contributed by atoms with Crippen LogP contribution in [-0.4, -0.2) is 52.4 Å². The summed E-state index contributed by atoms with van der Waals surface area (Å²) in [6.45, 7) is 6.80. The van der Waals surface area contributed by atoms with Crippen molar-refractivity contribution in [3.05, 3.63) is 51.3 Å². The maximum absolute atomic E-state index is 13.4. The summed E-state index contributed by atoms with van der Waals surface area (Å²) in [5.41, 5.74) is 3.85. The number of aryl methyl sites for hydroxylation is 3. The largest absolute Gasteiger partial charge is 0.494 e. The summed E-state index contributed by atoms with van der Waals surface area (Å²) >= 11 is 6.43. The van der Waals surface area contributed by atoms with Crippen molar-refractivity contribution in [2.45, 2.75) is 45.6 Å². The fourth-order valence-corrected chi connectivity index (χ4v) is 5.16. The van der Waals surface area contributed by atoms with Crippen LogP contribution in [0.2, 0.25) is 5.02 Å². The van der Waals surface area contributed by atoms with Gasteiger partial charge < -0.3 is 19.4 Å². The summed E-state index contributed by atoms with van der Waals surface area (Å²) in [5, 5.41) is 0.399. The summed E-state index contributed by atoms with van der Waals surface area (Å²) in [6, 6.07) is 5.50. The minimum Gasteiger partial charge on any atom is -0.494 e. The number of likely N-dealkylation sites (tertiary alicyclic amines) is 1. The van der Waals surface area contributed by atoms with Crippen LogP contribution in [0.15, 0.2) is 18.2 Å². The van der Waals surface area contributed by atoms with Gasteiger partial charge in [-0.2, -0.15) is 0 Å². The lowest BCUT2D eigenvalue weighted by atomic mass is 9.81. The summed E-state index contributed by atoms with van der Waals surface area (Å²) in [7, 11) is 1.53. The van der Waals surface area contributed by atoms with E-state index in [0.29, 0.717) is 76.9 Å². The quantitative estimate of drug-likeness (QED) is 0.585. The lowest BCUT2D eigenvalue weighted by Crippen LogP contribution is -2.52. The molecule has 0 atom stereocenters. The Morgan fingerprint density at radius 2 is 1.88 bits per heavy atom. The number of halogens is 1. The van der Waals surface area contributed by atoms with Gasteiger partial charge in [0.2, 0.25) is 0 Å². The highest BCUT2D eigenvalue weighted by atomic mass is 35.5. The van der Waals surface area contributed by atoms with E-state index in [-0.39, 0.29) is 11.7 Å². The normalized spacial score (nSPS) is 17.2. The van der Waals surface area contributed by atoms with Gasteiger partial charge in [-0.05, 0) is 50.1 Å². The monoisotopic (exact) mass is 467 g/mol. The second-order valence-corrected chi connectivity index (χ2v) is 9.50. The van der Waals surface area contributed by atoms with Crippen molar-refractivity contribution in [2.24, 2.45) is 0 Å². The number of piperidine rings is 1. The molecule has 1 saturated heterocycles. The Hall–Kier alpha value is -3.06. The number of nitrogens with zero attached hydrogens (tertiary/aromatic N) is 2. The molecule has 1 amide bonds. The smallest absolute Gasteiger partial charge is 0.257 e. The van der Waals surface area contributed by atoms with Gasteiger partial charge in [-0.15, -0.1) is 0 Å². The summed E-state index contributed by atoms with van der Waals surface area (Å²) in [6.07, 6.45) is 1.50. The average Bonchev–Trinajstić information content (AvgIpc) is 3.17. The van der Waals surface area contributed by atoms with Gasteiger partial charge in [0.25, 0.3) is 5.91 Å². The van der Waals surface area contributed by atoms with Gasteiger partial charge in [0.1, 0.15) is 28.2 Å². The van der Waals surface area contributed by atoms with Gasteiger partial charge in [0.05, 0.1) is 29.7 Å². The van der Waals surface area contributed by atoms with Crippen LogP contribution >= 0.6 is 11.6 Å². The maximum atomic E-state index is 13.4. The number of ether oxygens (including phenoxy) is 2. The Kier molecular flexibility index (Phi) is 5.12. The fourth-order valence-electron chi connectivity index (χ4n) is 4.91. The second-order valence-electron chi connectivity index (χ2n) is 9.09. The topological polar surface area (TPSA) is 84.5 Å². The number of methoxy groups -OCH3 is 1. The van der Waals surface area contributed by atoms with Crippen LogP contribution in [0.4, 0.5) is 0 Å². The molecule has 5 rings (SSSR count). The van der Waals surface area contributed by atoms with Crippen LogP contribution < -0.4 is 9.47 Å². The number of benzene rings is 2. The number of amides is 1. The zero-order chi connectivity index (χ0) is 23.5. The Bertz CT molecular complexity index is 1300. The molecule has 3 heterocycles. The highest BCUT2D eigenvalue weighted by Gasteiger charge is 2.44. The number of carbonyl (C=O) groups is 2. The number of fused-ring (bicyclic) bond motifs is 2. The molecule has 0 aliphatic carbocycles. The Morgan fingerprint density at radius 3 is 2.58 bits per heavy atom. The maximum Gasteiger partial charge on any atom is 0.257 e. The molecule has 2 aliphatic rings. The van der Waals surface area contributed by atoms with Crippen molar-refractivity contribution >= 4 is 34.3 Å². The van der Waals surface area contributed by atoms with E-state index in [1.807, 2.05) is 32.9 Å². The van der Waals surface area contributed by atoms with E-state index >= 15 is 0 Å². The summed E-state index contributed by atoms with van der Waals surface area (Å²) in [5.74, 6) is 1.73. The molecular formula is C25H26ClN3O4. The SMILES string of the molecule is COc1c(C(=O)N2CCC3(CC2)CC(=O)c2cc(C)c(C)cc2O3)cc(Cl)c2nc(C)[nH]c12. The first kappa shape index (κ1) is 21.8. The van der Waals surface area contributed by atoms with Gasteiger partial charge in [0, 0.05) is 25.9 Å². The first-order valence-corrected chi connectivity index (χ1v) is 11.4. The third-order valence-corrected chi connectivity index (χ3v) is 7.18. The summed E-state index contributed by atoms with van der Waals surface area (Å²) < 4.78 is 12.0. The number of Topliss-reactive ketones (excluding diaryl/α,β-unsaturated/α-hetero) is 1. The molecule has 1 fully saturated rings. The van der Waals surface area contributed by atoms with E-state index in [9.17, 15) is 9.59 Å². The third-order valence-electron chi connectivity index (χ3n) is 6.89. The lowest BCUT2D eigenvalue weighted by Gasteiger charge is -2.44. The number of hydrogen-bond acceptors (Lipinski definition) is 5. The molecule has 1 aromatic heterocycles. The van der Waals surface area contributed by atoms with Gasteiger partial charge in [-0.1, -0.05) is 11.6 Å². The Morgan fingerprint density at radius 1 is 1.18 bits per heavy atom. The number of carbonyl (C=O) groups excluding carboxylic acids is 2. The molecule has 0 radical (unpaired) electrons. The van der Waals surface area contributed by atoms with Crippen molar-refractivity contribution in [2.75, 3.05) is 20.2 Å². The number of nitrogens with one attached hydrogen (secondary N) is 1. The highest BCUT2D eigenvalue weighted by molar-refractivity contribution is 6.35. The predicted octanol–water partition coefficient (Wildman–Crippen LogP) is 4.79. The molecule has 2 aromatic carbocycles. The first-order valence-electron chi connectivity index (χ1n) is 11.1. The van der Waals surface area contributed by atoms with E-state index in [4.69, 9.17) is 21.1 Å². The molecule has 3 aromatic rings. The Labute approximate surface area is 197 Å². The number of rotatable bonds is 2. The van der Waals surface area contributed by atoms with Crippen LogP contribution in [0.1, 0.15) is 56.9 Å². The van der Waals surface area contributed by atoms with Crippen LogP contribution in [0.5, 0.6) is 11.5 Å². The van der Waals surface area contributed by atoms with Crippen LogP contribution in [0.25, 0.3) is 11.0 Å². The van der Waals surface area contributed by atoms with E-state index in [2.05, 4.69) is 9.97 Å². The molecule has 0 unspecified atom stereocenters. The molecule has 8 heteroatoms. The molecule has 0 bridgehead atoms. The van der Waals surface area contributed by atoms with Crippen LogP contribution in [0, 0.1) is 20.8 Å². The predicted molar refractivity (Wildman–Crippen MR) is 126 cm³/mol. The van der Waals surface area contributed by atoms with Gasteiger partial charge in [-0.3, -0.25) is 9.59 Å².